The molecule has 0 saturated carbocycles. The molecule has 3 rings (SSSR count). The van der Waals surface area contributed by atoms with E-state index in [1.807, 2.05) is 235 Å². The molecule has 0 fully saturated rings. The standard InChI is InChI=1S/C18H15S.C8H14F2O5S.C8H17NO2.3C8H16O3.3C8H16O2.2C6H13NO2.3C5H11NO/c1-4-10-16(11-5-1)19(17-12-6-2-7-13-17)18-14-8-3-9-15-18;1-4-7(2,3)6(11)15-5-8(9,10)16(12,13)14;1-5-8(2,3)7(10)9-6-11-4;3*1-4-8(2,3)7(10)11-6-5-9;3*1-5-8(3,4)7(9)10-6-2;2*1-3-5(2)6(9)7-4-8;3*1-3-4(2)5(6)7/h1-15H;4-5H2,1-3H3,(H,12,13,14);5-6H2,1-4H3,(H,9,10);3*9H,4-6H2,1-3H3;3*5-6H2,1-4H3;2*5,8H,3-4H2,1-2H3,(H,7,9);3*4H,3H2,1-2H3,(H2,6,7)/q+1;;;;;;;;;;;;;/p-1. The second-order valence-corrected chi connectivity index (χ2v) is 42.2. The Kier molecular flexibility index (Phi) is 98.4. The van der Waals surface area contributed by atoms with Gasteiger partial charge in [0.15, 0.2) is 31.4 Å². The van der Waals surface area contributed by atoms with Crippen molar-refractivity contribution in [3.05, 3.63) is 91.0 Å². The fourth-order valence-electron chi connectivity index (χ4n) is 7.50. The number of carbonyl (C=O) groups excluding carboxylic acids is 13. The van der Waals surface area contributed by atoms with Crippen LogP contribution in [0.4, 0.5) is 8.78 Å². The number of alkyl halides is 2. The van der Waals surface area contributed by atoms with E-state index in [0.717, 1.165) is 77.0 Å². The van der Waals surface area contributed by atoms with Crippen LogP contribution in [0.5, 0.6) is 0 Å². The van der Waals surface area contributed by atoms with Gasteiger partial charge >= 0.3 is 47.0 Å². The Hall–Kier alpha value is -9.35. The van der Waals surface area contributed by atoms with E-state index in [9.17, 15) is 84.1 Å². The summed E-state index contributed by atoms with van der Waals surface area (Å²) >= 11 is 0. The van der Waals surface area contributed by atoms with Crippen molar-refractivity contribution in [3.63, 3.8) is 0 Å². The highest BCUT2D eigenvalue weighted by Crippen LogP contribution is 2.32. The van der Waals surface area contributed by atoms with Crippen LogP contribution in [0.1, 0.15) is 340 Å². The molecule has 14 N–H and O–H groups in total. The zero-order chi connectivity index (χ0) is 118. The van der Waals surface area contributed by atoms with Crippen molar-refractivity contribution in [2.24, 2.45) is 90.1 Å². The Morgan fingerprint density at radius 1 is 0.331 bits per heavy atom. The van der Waals surface area contributed by atoms with Gasteiger partial charge in [-0.1, -0.05) is 193 Å². The van der Waals surface area contributed by atoms with Crippen LogP contribution in [0.15, 0.2) is 106 Å². The molecule has 148 heavy (non-hydrogen) atoms. The Labute approximate surface area is 891 Å². The van der Waals surface area contributed by atoms with E-state index in [4.69, 9.17) is 75.9 Å². The predicted molar refractivity (Wildman–Crippen MR) is 579 cm³/mol. The van der Waals surface area contributed by atoms with Gasteiger partial charge in [-0.05, 0) is 238 Å². The lowest BCUT2D eigenvalue weighted by Crippen LogP contribution is -2.37. The number of amides is 6. The first-order valence-corrected chi connectivity index (χ1v) is 53.5. The molecule has 0 aromatic heterocycles. The van der Waals surface area contributed by atoms with Gasteiger partial charge in [-0.2, -0.15) is 8.78 Å². The van der Waals surface area contributed by atoms with Crippen LogP contribution in [0, 0.1) is 72.9 Å². The van der Waals surface area contributed by atoms with Crippen LogP contribution in [-0.4, -0.2) is 214 Å². The molecule has 3 aromatic rings. The number of aliphatic hydroxyl groups is 5. The molecule has 0 radical (unpaired) electrons. The molecule has 0 spiro atoms. The smallest absolute Gasteiger partial charge is 0.367 e. The zero-order valence-corrected chi connectivity index (χ0v) is 98.9. The molecule has 0 aliphatic heterocycles. The summed E-state index contributed by atoms with van der Waals surface area (Å²) in [6, 6.07) is 32.2. The minimum Gasteiger partial charge on any atom is -0.743 e. The van der Waals surface area contributed by atoms with Gasteiger partial charge in [0, 0.05) is 42.1 Å². The van der Waals surface area contributed by atoms with Crippen molar-refractivity contribution in [3.8, 4) is 0 Å². The number of primary amides is 3. The number of methoxy groups -OCH3 is 1. The molecule has 0 bridgehead atoms. The molecule has 39 heteroatoms. The van der Waals surface area contributed by atoms with Crippen LogP contribution in [0.25, 0.3) is 0 Å². The number of hydrogen-bond donors (Lipinski definition) is 11. The van der Waals surface area contributed by atoms with E-state index >= 15 is 0 Å². The van der Waals surface area contributed by atoms with Crippen molar-refractivity contribution in [2.75, 3.05) is 93.4 Å². The average molecular weight is 2160 g/mol. The van der Waals surface area contributed by atoms with Gasteiger partial charge < -0.3 is 101 Å². The topological polar surface area (TPSA) is 568 Å². The fraction of sp³-hybridized carbons (Fsp3) is 0.716. The number of benzene rings is 3. The van der Waals surface area contributed by atoms with Crippen molar-refractivity contribution in [1.82, 2.24) is 16.0 Å². The maximum atomic E-state index is 12.6. The number of halogens is 2. The summed E-state index contributed by atoms with van der Waals surface area (Å²) in [5.41, 5.74) is 11.3. The van der Waals surface area contributed by atoms with E-state index in [0.29, 0.717) is 33.0 Å². The third-order valence-electron chi connectivity index (χ3n) is 23.3. The van der Waals surface area contributed by atoms with E-state index in [2.05, 4.69) is 112 Å². The van der Waals surface area contributed by atoms with Crippen LogP contribution in [-0.2, 0) is 121 Å². The Bertz CT molecular complexity index is 3740. The summed E-state index contributed by atoms with van der Waals surface area (Å²) in [6.45, 7) is 68.1. The molecule has 5 unspecified atom stereocenters. The second-order valence-electron chi connectivity index (χ2n) is 38.6. The molecule has 35 nitrogen and oxygen atoms in total. The van der Waals surface area contributed by atoms with Crippen molar-refractivity contribution in [1.29, 1.82) is 0 Å². The van der Waals surface area contributed by atoms with Crippen LogP contribution in [0.3, 0.4) is 0 Å². The summed E-state index contributed by atoms with van der Waals surface area (Å²) in [6.07, 6.45) is 10.0. The number of hydrogen-bond acceptors (Lipinski definition) is 29. The molecule has 5 atom stereocenters. The van der Waals surface area contributed by atoms with E-state index < -0.39 is 49.6 Å². The molecule has 0 heterocycles. The maximum absolute atomic E-state index is 12.6. The monoisotopic (exact) mass is 2160 g/mol. The molecule has 0 aliphatic rings. The number of ether oxygens (including phenoxy) is 8. The van der Waals surface area contributed by atoms with Crippen molar-refractivity contribution >= 4 is 98.2 Å². The second kappa shape index (κ2) is 90.4. The van der Waals surface area contributed by atoms with Gasteiger partial charge in [0.05, 0.1) is 88.4 Å². The van der Waals surface area contributed by atoms with Gasteiger partial charge in [-0.15, -0.1) is 0 Å². The lowest BCUT2D eigenvalue weighted by Gasteiger charge is -2.24. The third-order valence-corrected chi connectivity index (χ3v) is 26.4. The third kappa shape index (κ3) is 82.4. The average Bonchev–Trinajstić information content (AvgIpc) is 0.817. The normalized spacial score (nSPS) is 11.9. The predicted octanol–water partition coefficient (Wildman–Crippen LogP) is 17.6. The Morgan fingerprint density at radius 2 is 0.527 bits per heavy atom. The maximum Gasteiger partial charge on any atom is 0.367 e. The summed E-state index contributed by atoms with van der Waals surface area (Å²) in [5, 5.41) is 44.3. The molecular formula is C109H200F2N6O29S2. The first kappa shape index (κ1) is 161. The Morgan fingerprint density at radius 3 is 0.676 bits per heavy atom. The highest BCUT2D eigenvalue weighted by molar-refractivity contribution is 7.97. The van der Waals surface area contributed by atoms with Crippen LogP contribution >= 0.6 is 0 Å². The van der Waals surface area contributed by atoms with Gasteiger partial charge in [-0.25, -0.2) is 8.42 Å². The van der Waals surface area contributed by atoms with Gasteiger partial charge in [0.25, 0.3) is 0 Å². The molecule has 6 amide bonds. The van der Waals surface area contributed by atoms with E-state index in [-0.39, 0.29) is 187 Å². The number of carbonyl (C=O) groups is 13. The quantitative estimate of drug-likeness (QED) is 0.00823. The highest BCUT2D eigenvalue weighted by Gasteiger charge is 2.41. The number of nitrogens with one attached hydrogen (secondary N) is 3. The number of rotatable bonds is 45. The van der Waals surface area contributed by atoms with Gasteiger partial charge in [0.2, 0.25) is 35.4 Å². The molecular weight excluding hydrogens is 1960 g/mol. The summed E-state index contributed by atoms with van der Waals surface area (Å²) in [5.74, 6) is -2.59. The summed E-state index contributed by atoms with van der Waals surface area (Å²) in [7, 11) is -4.27. The number of nitrogens with two attached hydrogens (primary N) is 3. The molecule has 0 saturated heterocycles. The van der Waals surface area contributed by atoms with Gasteiger partial charge in [0.1, 0.15) is 40.0 Å². The minimum atomic E-state index is -5.81. The van der Waals surface area contributed by atoms with Crippen LogP contribution in [0.2, 0.25) is 0 Å². The number of aliphatic hydroxyl groups excluding tert-OH is 5. The minimum absolute atomic E-state index is 0.0112. The van der Waals surface area contributed by atoms with Crippen molar-refractivity contribution < 1.29 is 148 Å². The zero-order valence-electron chi connectivity index (χ0n) is 97.3. The van der Waals surface area contributed by atoms with Crippen molar-refractivity contribution in [2.45, 2.75) is 360 Å². The lowest BCUT2D eigenvalue weighted by atomic mass is 9.89. The SMILES string of the molecule is CCC(C)(C)C(=O)NCOC.CCC(C)(C)C(=O)OCC(F)(F)S(=O)(=O)[O-].CCC(C)(C)C(=O)OCCO.CCC(C)(C)C(=O)OCCO.CCC(C)(C)C(=O)OCCO.CCC(C)C(=O)NCO.CCC(C)C(=O)NCO.CCC(C)C(N)=O.CCC(C)C(N)=O.CCC(C)C(N)=O.CCOC(=O)C(C)(C)CC.CCOC(=O)C(C)(C)CC.CCOC(=O)C(C)(C)CC.c1ccc([S+](c2ccccc2)c2ccccc2)cc1. The Balaban J connectivity index is -0.000000153. The van der Waals surface area contributed by atoms with E-state index in [1.54, 1.807) is 14.0 Å². The summed E-state index contributed by atoms with van der Waals surface area (Å²) in [4.78, 5) is 145. The number of esters is 7. The molecule has 866 valence electrons. The first-order chi connectivity index (χ1) is 68.2. The molecule has 3 aromatic carbocycles. The largest absolute Gasteiger partial charge is 0.743 e. The summed E-state index contributed by atoms with van der Waals surface area (Å²) < 4.78 is 93.2. The van der Waals surface area contributed by atoms with E-state index in [1.165, 1.54) is 28.5 Å². The highest BCUT2D eigenvalue weighted by atomic mass is 32.2. The first-order valence-electron chi connectivity index (χ1n) is 50.9. The fourth-order valence-corrected chi connectivity index (χ4v) is 9.81. The van der Waals surface area contributed by atoms with Crippen LogP contribution < -0.4 is 33.2 Å². The molecule has 0 aliphatic carbocycles. The van der Waals surface area contributed by atoms with Gasteiger partial charge in [-0.3, -0.25) is 62.3 Å². The lowest BCUT2D eigenvalue weighted by molar-refractivity contribution is -0.160.